The normalized spacial score (nSPS) is 17.4. The summed E-state index contributed by atoms with van der Waals surface area (Å²) in [6.07, 6.45) is -0.724. The molecule has 1 fully saturated rings. The largest absolute Gasteiger partial charge is 0.451 e. The first kappa shape index (κ1) is 22.1. The number of carbonyl (C=O) groups excluding carboxylic acids is 3. The second-order valence-electron chi connectivity index (χ2n) is 7.71. The number of likely N-dealkylation sites (tertiary alicyclic amines) is 1. The standard InChI is InChI=1S/C19H25N3O7/c1-12(16(23)20-13-7-5-8-14(11-13)22(26)27)28-17(24)15-9-6-10-21(15)18(25)29-19(2,3)4/h5,7-8,11-12,15H,6,9-10H2,1-4H3,(H,20,23). The Bertz CT molecular complexity index is 803. The number of nitro benzene ring substituents is 1. The number of non-ortho nitro benzene ring substituents is 1. The third-order valence-corrected chi connectivity index (χ3v) is 4.14. The van der Waals surface area contributed by atoms with Gasteiger partial charge in [-0.1, -0.05) is 6.07 Å². The van der Waals surface area contributed by atoms with Crippen molar-refractivity contribution in [3.05, 3.63) is 34.4 Å². The van der Waals surface area contributed by atoms with Crippen LogP contribution in [0, 0.1) is 10.1 Å². The predicted molar refractivity (Wildman–Crippen MR) is 103 cm³/mol. The maximum atomic E-state index is 12.5. The maximum Gasteiger partial charge on any atom is 0.411 e. The Morgan fingerprint density at radius 1 is 1.31 bits per heavy atom. The SMILES string of the molecule is CC(OC(=O)C1CCCN1C(=O)OC(C)(C)C)C(=O)Nc1cccc([N+](=O)[O-])c1. The fraction of sp³-hybridized carbons (Fsp3) is 0.526. The summed E-state index contributed by atoms with van der Waals surface area (Å²) >= 11 is 0. The van der Waals surface area contributed by atoms with Gasteiger partial charge in [0.1, 0.15) is 11.6 Å². The molecule has 1 N–H and O–H groups in total. The Morgan fingerprint density at radius 3 is 2.62 bits per heavy atom. The van der Waals surface area contributed by atoms with E-state index in [-0.39, 0.29) is 11.4 Å². The quantitative estimate of drug-likeness (QED) is 0.451. The minimum atomic E-state index is -1.15. The van der Waals surface area contributed by atoms with E-state index < -0.39 is 40.6 Å². The van der Waals surface area contributed by atoms with Crippen molar-refractivity contribution in [1.82, 2.24) is 4.90 Å². The van der Waals surface area contributed by atoms with Gasteiger partial charge in [-0.2, -0.15) is 0 Å². The van der Waals surface area contributed by atoms with E-state index in [1.807, 2.05) is 0 Å². The van der Waals surface area contributed by atoms with Gasteiger partial charge in [0.05, 0.1) is 4.92 Å². The van der Waals surface area contributed by atoms with Crippen LogP contribution in [0.2, 0.25) is 0 Å². The monoisotopic (exact) mass is 407 g/mol. The van der Waals surface area contributed by atoms with E-state index in [9.17, 15) is 24.5 Å². The van der Waals surface area contributed by atoms with Crippen LogP contribution in [0.3, 0.4) is 0 Å². The third kappa shape index (κ3) is 6.16. The number of nitro groups is 1. The van der Waals surface area contributed by atoms with Crippen molar-refractivity contribution >= 4 is 29.3 Å². The Labute approximate surface area is 168 Å². The van der Waals surface area contributed by atoms with Gasteiger partial charge in [0.25, 0.3) is 11.6 Å². The first-order valence-electron chi connectivity index (χ1n) is 9.23. The Balaban J connectivity index is 1.96. The van der Waals surface area contributed by atoms with Crippen LogP contribution in [-0.4, -0.2) is 52.1 Å². The van der Waals surface area contributed by atoms with Crippen LogP contribution in [0.4, 0.5) is 16.2 Å². The fourth-order valence-electron chi connectivity index (χ4n) is 2.80. The second kappa shape index (κ2) is 8.89. The van der Waals surface area contributed by atoms with Gasteiger partial charge in [-0.3, -0.25) is 19.8 Å². The van der Waals surface area contributed by atoms with E-state index in [0.29, 0.717) is 19.4 Å². The summed E-state index contributed by atoms with van der Waals surface area (Å²) in [5, 5.41) is 13.3. The Hall–Kier alpha value is -3.17. The lowest BCUT2D eigenvalue weighted by atomic mass is 10.2. The minimum absolute atomic E-state index is 0.175. The summed E-state index contributed by atoms with van der Waals surface area (Å²) < 4.78 is 10.5. The van der Waals surface area contributed by atoms with E-state index in [1.165, 1.54) is 36.1 Å². The second-order valence-corrected chi connectivity index (χ2v) is 7.71. The molecule has 2 unspecified atom stereocenters. The lowest BCUT2D eigenvalue weighted by Gasteiger charge is -2.28. The van der Waals surface area contributed by atoms with Crippen molar-refractivity contribution in [1.29, 1.82) is 0 Å². The average molecular weight is 407 g/mol. The van der Waals surface area contributed by atoms with Crippen LogP contribution in [0.5, 0.6) is 0 Å². The van der Waals surface area contributed by atoms with Crippen LogP contribution in [0.25, 0.3) is 0 Å². The highest BCUT2D eigenvalue weighted by molar-refractivity contribution is 5.95. The number of amides is 2. The molecule has 1 aliphatic heterocycles. The van der Waals surface area contributed by atoms with Crippen molar-refractivity contribution in [2.75, 3.05) is 11.9 Å². The molecule has 0 spiro atoms. The van der Waals surface area contributed by atoms with E-state index in [2.05, 4.69) is 5.32 Å². The van der Waals surface area contributed by atoms with E-state index >= 15 is 0 Å². The Morgan fingerprint density at radius 2 is 2.00 bits per heavy atom. The highest BCUT2D eigenvalue weighted by atomic mass is 16.6. The molecule has 10 heteroatoms. The molecule has 0 aromatic heterocycles. The van der Waals surface area contributed by atoms with Crippen LogP contribution in [0.1, 0.15) is 40.5 Å². The Kier molecular flexibility index (Phi) is 6.78. The molecule has 158 valence electrons. The lowest BCUT2D eigenvalue weighted by Crippen LogP contribution is -2.45. The number of anilines is 1. The molecule has 0 bridgehead atoms. The summed E-state index contributed by atoms with van der Waals surface area (Å²) in [7, 11) is 0. The van der Waals surface area contributed by atoms with Gasteiger partial charge < -0.3 is 14.8 Å². The van der Waals surface area contributed by atoms with Crippen molar-refractivity contribution in [3.8, 4) is 0 Å². The molecular weight excluding hydrogens is 382 g/mol. The van der Waals surface area contributed by atoms with Gasteiger partial charge >= 0.3 is 12.1 Å². The first-order valence-corrected chi connectivity index (χ1v) is 9.23. The molecule has 0 aliphatic carbocycles. The molecule has 1 aliphatic rings. The number of ether oxygens (including phenoxy) is 2. The molecule has 2 rings (SSSR count). The number of esters is 1. The molecule has 0 radical (unpaired) electrons. The van der Waals surface area contributed by atoms with E-state index in [1.54, 1.807) is 20.8 Å². The summed E-state index contributed by atoms with van der Waals surface area (Å²) in [6, 6.07) is 4.60. The van der Waals surface area contributed by atoms with Crippen LogP contribution >= 0.6 is 0 Å². The molecular formula is C19H25N3O7. The molecule has 1 heterocycles. The number of rotatable bonds is 5. The molecule has 0 saturated carbocycles. The van der Waals surface area contributed by atoms with Gasteiger partial charge in [-0.15, -0.1) is 0 Å². The molecule has 29 heavy (non-hydrogen) atoms. The summed E-state index contributed by atoms with van der Waals surface area (Å²) in [4.78, 5) is 48.6. The average Bonchev–Trinajstić information content (AvgIpc) is 3.10. The molecule has 2 amide bonds. The highest BCUT2D eigenvalue weighted by Crippen LogP contribution is 2.23. The third-order valence-electron chi connectivity index (χ3n) is 4.14. The summed E-state index contributed by atoms with van der Waals surface area (Å²) in [5.74, 6) is -1.34. The highest BCUT2D eigenvalue weighted by Gasteiger charge is 2.38. The zero-order valence-electron chi connectivity index (χ0n) is 16.8. The van der Waals surface area contributed by atoms with Crippen molar-refractivity contribution < 1.29 is 28.8 Å². The van der Waals surface area contributed by atoms with E-state index in [0.717, 1.165) is 0 Å². The molecule has 1 aromatic rings. The zero-order chi connectivity index (χ0) is 21.8. The number of hydrogen-bond acceptors (Lipinski definition) is 7. The molecule has 1 aromatic carbocycles. The minimum Gasteiger partial charge on any atom is -0.451 e. The lowest BCUT2D eigenvalue weighted by molar-refractivity contribution is -0.384. The van der Waals surface area contributed by atoms with Gasteiger partial charge in [0.2, 0.25) is 0 Å². The predicted octanol–water partition coefficient (Wildman–Crippen LogP) is 2.86. The number of benzene rings is 1. The first-order chi connectivity index (χ1) is 13.5. The number of nitrogens with zero attached hydrogens (tertiary/aromatic N) is 2. The van der Waals surface area contributed by atoms with Crippen molar-refractivity contribution in [2.45, 2.75) is 58.3 Å². The topological polar surface area (TPSA) is 128 Å². The molecule has 2 atom stereocenters. The number of nitrogens with one attached hydrogen (secondary N) is 1. The number of hydrogen-bond donors (Lipinski definition) is 1. The van der Waals surface area contributed by atoms with Gasteiger partial charge in [0.15, 0.2) is 6.10 Å². The van der Waals surface area contributed by atoms with Crippen LogP contribution in [-0.2, 0) is 19.1 Å². The van der Waals surface area contributed by atoms with Gasteiger partial charge in [-0.05, 0) is 46.6 Å². The molecule has 10 nitrogen and oxygen atoms in total. The maximum absolute atomic E-state index is 12.5. The van der Waals surface area contributed by atoms with Crippen LogP contribution in [0.15, 0.2) is 24.3 Å². The van der Waals surface area contributed by atoms with Crippen molar-refractivity contribution in [3.63, 3.8) is 0 Å². The van der Waals surface area contributed by atoms with Gasteiger partial charge in [0, 0.05) is 24.4 Å². The molecule has 1 saturated heterocycles. The van der Waals surface area contributed by atoms with Crippen LogP contribution < -0.4 is 5.32 Å². The summed E-state index contributed by atoms with van der Waals surface area (Å²) in [6.45, 7) is 6.94. The van der Waals surface area contributed by atoms with E-state index in [4.69, 9.17) is 9.47 Å². The zero-order valence-corrected chi connectivity index (χ0v) is 16.8. The van der Waals surface area contributed by atoms with Crippen molar-refractivity contribution in [2.24, 2.45) is 0 Å². The van der Waals surface area contributed by atoms with Gasteiger partial charge in [-0.25, -0.2) is 9.59 Å². The summed E-state index contributed by atoms with van der Waals surface area (Å²) in [5.41, 5.74) is -0.658. The fourth-order valence-corrected chi connectivity index (χ4v) is 2.80. The number of carbonyl (C=O) groups is 3. The smallest absolute Gasteiger partial charge is 0.411 e.